The zero-order valence-electron chi connectivity index (χ0n) is 9.90. The molecule has 0 aromatic heterocycles. The monoisotopic (exact) mass is 182 g/mol. The Morgan fingerprint density at radius 3 is 2.46 bits per heavy atom. The maximum Gasteiger partial charge on any atom is -0.0354 e. The first-order valence-electron chi connectivity index (χ1n) is 6.03. The zero-order chi connectivity index (χ0) is 9.90. The molecule has 0 saturated heterocycles. The second-order valence-electron chi connectivity index (χ2n) is 5.86. The largest absolute Gasteiger partial charge is 0.0649 e. The SMILES string of the molecule is CCC(C)(C)CC1CCCC(C)C1. The van der Waals surface area contributed by atoms with Gasteiger partial charge in [-0.05, 0) is 30.1 Å². The van der Waals surface area contributed by atoms with E-state index in [-0.39, 0.29) is 0 Å². The summed E-state index contributed by atoms with van der Waals surface area (Å²) in [6, 6.07) is 0. The van der Waals surface area contributed by atoms with Crippen molar-refractivity contribution in [2.75, 3.05) is 0 Å². The van der Waals surface area contributed by atoms with Gasteiger partial charge in [-0.2, -0.15) is 0 Å². The third-order valence-electron chi connectivity index (χ3n) is 3.84. The van der Waals surface area contributed by atoms with Crippen LogP contribution in [0, 0.1) is 17.3 Å². The van der Waals surface area contributed by atoms with Crippen LogP contribution >= 0.6 is 0 Å². The maximum absolute atomic E-state index is 2.42. The van der Waals surface area contributed by atoms with E-state index in [0.29, 0.717) is 5.41 Å². The lowest BCUT2D eigenvalue weighted by Gasteiger charge is -2.33. The minimum atomic E-state index is 0.585. The van der Waals surface area contributed by atoms with Crippen molar-refractivity contribution in [1.29, 1.82) is 0 Å². The predicted octanol–water partition coefficient (Wildman–Crippen LogP) is 4.64. The summed E-state index contributed by atoms with van der Waals surface area (Å²) in [6.07, 6.45) is 8.72. The van der Waals surface area contributed by atoms with E-state index < -0.39 is 0 Å². The van der Waals surface area contributed by atoms with Crippen LogP contribution in [0.25, 0.3) is 0 Å². The summed E-state index contributed by atoms with van der Waals surface area (Å²) >= 11 is 0. The number of rotatable bonds is 3. The van der Waals surface area contributed by atoms with Gasteiger partial charge < -0.3 is 0 Å². The molecular formula is C13H26. The fourth-order valence-corrected chi connectivity index (χ4v) is 2.67. The van der Waals surface area contributed by atoms with Gasteiger partial charge in [0.25, 0.3) is 0 Å². The lowest BCUT2D eigenvalue weighted by atomic mass is 9.73. The van der Waals surface area contributed by atoms with Crippen LogP contribution in [0.4, 0.5) is 0 Å². The highest BCUT2D eigenvalue weighted by Gasteiger charge is 2.25. The molecule has 0 spiro atoms. The molecule has 13 heavy (non-hydrogen) atoms. The third kappa shape index (κ3) is 3.70. The molecule has 0 heterocycles. The Bertz CT molecular complexity index is 146. The molecule has 0 nitrogen and oxygen atoms in total. The lowest BCUT2D eigenvalue weighted by Crippen LogP contribution is -2.20. The van der Waals surface area contributed by atoms with Crippen molar-refractivity contribution in [3.8, 4) is 0 Å². The van der Waals surface area contributed by atoms with Gasteiger partial charge >= 0.3 is 0 Å². The summed E-state index contributed by atoms with van der Waals surface area (Å²) in [6.45, 7) is 9.59. The molecule has 2 unspecified atom stereocenters. The Kier molecular flexibility index (Phi) is 3.82. The topological polar surface area (TPSA) is 0 Å². The average molecular weight is 182 g/mol. The second kappa shape index (κ2) is 4.48. The molecule has 1 fully saturated rings. The first-order valence-corrected chi connectivity index (χ1v) is 6.03. The van der Waals surface area contributed by atoms with E-state index in [1.165, 1.54) is 38.5 Å². The summed E-state index contributed by atoms with van der Waals surface area (Å²) < 4.78 is 0. The van der Waals surface area contributed by atoms with E-state index in [9.17, 15) is 0 Å². The van der Waals surface area contributed by atoms with E-state index in [0.717, 1.165) is 11.8 Å². The predicted molar refractivity (Wildman–Crippen MR) is 59.8 cm³/mol. The highest BCUT2D eigenvalue weighted by atomic mass is 14.3. The number of hydrogen-bond acceptors (Lipinski definition) is 0. The van der Waals surface area contributed by atoms with E-state index >= 15 is 0 Å². The Morgan fingerprint density at radius 2 is 1.92 bits per heavy atom. The molecule has 0 N–H and O–H groups in total. The maximum atomic E-state index is 2.42. The fourth-order valence-electron chi connectivity index (χ4n) is 2.67. The van der Waals surface area contributed by atoms with E-state index in [1.54, 1.807) is 0 Å². The molecule has 0 heteroatoms. The molecule has 1 rings (SSSR count). The Labute approximate surface area is 84.1 Å². The normalized spacial score (nSPS) is 30.5. The van der Waals surface area contributed by atoms with Gasteiger partial charge in [0, 0.05) is 0 Å². The van der Waals surface area contributed by atoms with E-state index in [4.69, 9.17) is 0 Å². The molecule has 0 aromatic rings. The molecule has 0 aromatic carbocycles. The van der Waals surface area contributed by atoms with Crippen molar-refractivity contribution < 1.29 is 0 Å². The molecule has 1 aliphatic carbocycles. The summed E-state index contributed by atoms with van der Waals surface area (Å²) in [4.78, 5) is 0. The highest BCUT2D eigenvalue weighted by Crippen LogP contribution is 2.38. The second-order valence-corrected chi connectivity index (χ2v) is 5.86. The zero-order valence-corrected chi connectivity index (χ0v) is 9.90. The summed E-state index contributed by atoms with van der Waals surface area (Å²) in [5, 5.41) is 0. The standard InChI is InChI=1S/C13H26/c1-5-13(3,4)10-12-8-6-7-11(2)9-12/h11-12H,5-10H2,1-4H3. The summed E-state index contributed by atoms with van der Waals surface area (Å²) in [7, 11) is 0. The van der Waals surface area contributed by atoms with Crippen molar-refractivity contribution in [1.82, 2.24) is 0 Å². The van der Waals surface area contributed by atoms with E-state index in [1.807, 2.05) is 0 Å². The van der Waals surface area contributed by atoms with Crippen LogP contribution in [-0.4, -0.2) is 0 Å². The third-order valence-corrected chi connectivity index (χ3v) is 3.84. The van der Waals surface area contributed by atoms with Crippen LogP contribution in [-0.2, 0) is 0 Å². The van der Waals surface area contributed by atoms with Crippen LogP contribution in [0.5, 0.6) is 0 Å². The fraction of sp³-hybridized carbons (Fsp3) is 1.00. The smallest absolute Gasteiger partial charge is 0.0354 e. The van der Waals surface area contributed by atoms with Crippen molar-refractivity contribution in [3.63, 3.8) is 0 Å². The molecule has 1 saturated carbocycles. The Hall–Kier alpha value is 0. The lowest BCUT2D eigenvalue weighted by molar-refractivity contribution is 0.188. The highest BCUT2D eigenvalue weighted by molar-refractivity contribution is 4.77. The molecule has 78 valence electrons. The van der Waals surface area contributed by atoms with Crippen molar-refractivity contribution in [2.45, 2.75) is 66.2 Å². The van der Waals surface area contributed by atoms with Crippen LogP contribution in [0.3, 0.4) is 0 Å². The van der Waals surface area contributed by atoms with Crippen LogP contribution < -0.4 is 0 Å². The molecule has 1 aliphatic rings. The molecule has 0 amide bonds. The van der Waals surface area contributed by atoms with Gasteiger partial charge in [0.2, 0.25) is 0 Å². The average Bonchev–Trinajstić information content (AvgIpc) is 2.03. The molecule has 2 atom stereocenters. The van der Waals surface area contributed by atoms with Gasteiger partial charge in [0.05, 0.1) is 0 Å². The van der Waals surface area contributed by atoms with Crippen LogP contribution in [0.1, 0.15) is 66.2 Å². The van der Waals surface area contributed by atoms with Gasteiger partial charge in [-0.1, -0.05) is 53.4 Å². The van der Waals surface area contributed by atoms with Crippen molar-refractivity contribution >= 4 is 0 Å². The molecular weight excluding hydrogens is 156 g/mol. The first kappa shape index (κ1) is 11.1. The summed E-state index contributed by atoms with van der Waals surface area (Å²) in [5.41, 5.74) is 0.585. The van der Waals surface area contributed by atoms with Gasteiger partial charge in [-0.15, -0.1) is 0 Å². The van der Waals surface area contributed by atoms with Crippen LogP contribution in [0.15, 0.2) is 0 Å². The Balaban J connectivity index is 2.35. The first-order chi connectivity index (χ1) is 6.03. The molecule has 0 aliphatic heterocycles. The molecule has 0 radical (unpaired) electrons. The van der Waals surface area contributed by atoms with E-state index in [2.05, 4.69) is 27.7 Å². The van der Waals surface area contributed by atoms with Gasteiger partial charge in [-0.25, -0.2) is 0 Å². The van der Waals surface area contributed by atoms with Crippen molar-refractivity contribution in [3.05, 3.63) is 0 Å². The van der Waals surface area contributed by atoms with Crippen molar-refractivity contribution in [2.24, 2.45) is 17.3 Å². The van der Waals surface area contributed by atoms with Gasteiger partial charge in [-0.3, -0.25) is 0 Å². The summed E-state index contributed by atoms with van der Waals surface area (Å²) in [5.74, 6) is 2.02. The minimum Gasteiger partial charge on any atom is -0.0649 e. The minimum absolute atomic E-state index is 0.585. The van der Waals surface area contributed by atoms with Gasteiger partial charge in [0.15, 0.2) is 0 Å². The van der Waals surface area contributed by atoms with Gasteiger partial charge in [0.1, 0.15) is 0 Å². The molecule has 0 bridgehead atoms. The van der Waals surface area contributed by atoms with Crippen LogP contribution in [0.2, 0.25) is 0 Å². The number of hydrogen-bond donors (Lipinski definition) is 0. The quantitative estimate of drug-likeness (QED) is 0.596. The Morgan fingerprint density at radius 1 is 1.23 bits per heavy atom.